The number of thioether (sulfide) groups is 2. The van der Waals surface area contributed by atoms with E-state index in [0.717, 1.165) is 5.75 Å². The summed E-state index contributed by atoms with van der Waals surface area (Å²) in [6.07, 6.45) is 0. The van der Waals surface area contributed by atoms with E-state index in [-0.39, 0.29) is 5.37 Å². The topological polar surface area (TPSA) is 23.8 Å². The van der Waals surface area contributed by atoms with Gasteiger partial charge in [0.15, 0.2) is 0 Å². The van der Waals surface area contributed by atoms with Crippen molar-refractivity contribution in [1.82, 2.24) is 5.73 Å². The van der Waals surface area contributed by atoms with Gasteiger partial charge in [0.1, 0.15) is 0 Å². The summed E-state index contributed by atoms with van der Waals surface area (Å²) in [7, 11) is 0. The SMILES string of the molecule is CCSC(C)SC(C)[NH]. The predicted molar refractivity (Wildman–Crippen MR) is 47.7 cm³/mol. The van der Waals surface area contributed by atoms with Crippen molar-refractivity contribution >= 4 is 23.5 Å². The number of hydrogen-bond donors (Lipinski definition) is 0. The van der Waals surface area contributed by atoms with Crippen molar-refractivity contribution in [2.45, 2.75) is 30.7 Å². The molecule has 0 aliphatic carbocycles. The van der Waals surface area contributed by atoms with Gasteiger partial charge in [0.05, 0.1) is 5.37 Å². The third kappa shape index (κ3) is 6.55. The van der Waals surface area contributed by atoms with Gasteiger partial charge in [-0.3, -0.25) is 0 Å². The van der Waals surface area contributed by atoms with Crippen molar-refractivity contribution in [1.29, 1.82) is 0 Å². The largest absolute Gasteiger partial charge is 0.244 e. The van der Waals surface area contributed by atoms with E-state index in [0.29, 0.717) is 4.58 Å². The lowest BCUT2D eigenvalue weighted by Crippen LogP contribution is -2.01. The van der Waals surface area contributed by atoms with Crippen LogP contribution in [0, 0.1) is 0 Å². The van der Waals surface area contributed by atoms with Crippen LogP contribution >= 0.6 is 23.5 Å². The molecular weight excluding hydrogens is 150 g/mol. The Bertz CT molecular complexity index is 66.1. The molecule has 9 heavy (non-hydrogen) atoms. The van der Waals surface area contributed by atoms with Crippen molar-refractivity contribution < 1.29 is 0 Å². The fourth-order valence-electron chi connectivity index (χ4n) is 0.561. The Hall–Kier alpha value is 0.660. The van der Waals surface area contributed by atoms with Crippen LogP contribution in [0.3, 0.4) is 0 Å². The van der Waals surface area contributed by atoms with Crippen LogP contribution in [-0.4, -0.2) is 15.7 Å². The van der Waals surface area contributed by atoms with Gasteiger partial charge in [0, 0.05) is 4.58 Å². The molecule has 0 amide bonds. The maximum absolute atomic E-state index is 7.24. The van der Waals surface area contributed by atoms with Crippen molar-refractivity contribution in [3.8, 4) is 0 Å². The second-order valence-electron chi connectivity index (χ2n) is 1.80. The van der Waals surface area contributed by atoms with Crippen LogP contribution in [0.5, 0.6) is 0 Å². The molecule has 0 aliphatic heterocycles. The second-order valence-corrected chi connectivity index (χ2v) is 5.40. The van der Waals surface area contributed by atoms with Crippen LogP contribution in [0.2, 0.25) is 0 Å². The third-order valence-corrected chi connectivity index (χ3v) is 3.13. The summed E-state index contributed by atoms with van der Waals surface area (Å²) >= 11 is 3.61. The molecule has 0 aliphatic rings. The monoisotopic (exact) mass is 164 g/mol. The van der Waals surface area contributed by atoms with Crippen molar-refractivity contribution in [3.63, 3.8) is 0 Å². The molecule has 55 valence electrons. The molecule has 0 aromatic heterocycles. The van der Waals surface area contributed by atoms with Crippen LogP contribution in [0.15, 0.2) is 0 Å². The Balaban J connectivity index is 3.15. The summed E-state index contributed by atoms with van der Waals surface area (Å²) in [6.45, 7) is 6.22. The lowest BCUT2D eigenvalue weighted by Gasteiger charge is -2.10. The lowest BCUT2D eigenvalue weighted by molar-refractivity contribution is 1.00. The van der Waals surface area contributed by atoms with Gasteiger partial charge in [-0.15, -0.1) is 23.5 Å². The first-order chi connectivity index (χ1) is 4.16. The van der Waals surface area contributed by atoms with E-state index in [2.05, 4.69) is 13.8 Å². The van der Waals surface area contributed by atoms with Gasteiger partial charge < -0.3 is 0 Å². The maximum Gasteiger partial charge on any atom is 0.0649 e. The highest BCUT2D eigenvalue weighted by Crippen LogP contribution is 2.24. The molecule has 2 atom stereocenters. The molecule has 0 aromatic carbocycles. The zero-order valence-corrected chi connectivity index (χ0v) is 7.81. The number of rotatable bonds is 4. The van der Waals surface area contributed by atoms with Crippen LogP contribution in [0.4, 0.5) is 0 Å². The van der Waals surface area contributed by atoms with Gasteiger partial charge in [0.25, 0.3) is 0 Å². The highest BCUT2D eigenvalue weighted by atomic mass is 32.2. The van der Waals surface area contributed by atoms with E-state index in [1.54, 1.807) is 11.8 Å². The van der Waals surface area contributed by atoms with Crippen LogP contribution in [0.1, 0.15) is 20.8 Å². The Morgan fingerprint density at radius 3 is 2.33 bits per heavy atom. The van der Waals surface area contributed by atoms with E-state index >= 15 is 0 Å². The first-order valence-corrected chi connectivity index (χ1v) is 5.14. The van der Waals surface area contributed by atoms with Crippen LogP contribution in [-0.2, 0) is 0 Å². The molecule has 1 nitrogen and oxygen atoms in total. The second kappa shape index (κ2) is 5.45. The summed E-state index contributed by atoms with van der Waals surface area (Å²) in [5.74, 6) is 1.15. The summed E-state index contributed by atoms with van der Waals surface area (Å²) < 4.78 is 0.586. The molecular formula is C6H14NS2. The standard InChI is InChI=1S/C6H14NS2/c1-4-8-6(3)9-5(2)7/h5-7H,4H2,1-3H3. The van der Waals surface area contributed by atoms with E-state index in [1.807, 2.05) is 18.7 Å². The van der Waals surface area contributed by atoms with E-state index in [9.17, 15) is 0 Å². The minimum Gasteiger partial charge on any atom is -0.244 e. The van der Waals surface area contributed by atoms with Gasteiger partial charge in [-0.25, -0.2) is 5.73 Å². The molecule has 1 radical (unpaired) electrons. The average molecular weight is 164 g/mol. The van der Waals surface area contributed by atoms with Crippen LogP contribution < -0.4 is 5.73 Å². The lowest BCUT2D eigenvalue weighted by atomic mass is 10.8. The normalized spacial score (nSPS) is 17.3. The van der Waals surface area contributed by atoms with Gasteiger partial charge in [-0.2, -0.15) is 0 Å². The highest BCUT2D eigenvalue weighted by Gasteiger charge is 2.03. The Morgan fingerprint density at radius 2 is 2.00 bits per heavy atom. The first kappa shape index (κ1) is 9.66. The third-order valence-electron chi connectivity index (χ3n) is 0.797. The van der Waals surface area contributed by atoms with E-state index in [4.69, 9.17) is 5.73 Å². The number of nitrogens with one attached hydrogen (secondary N) is 1. The van der Waals surface area contributed by atoms with Crippen molar-refractivity contribution in [3.05, 3.63) is 0 Å². The quantitative estimate of drug-likeness (QED) is 0.596. The minimum atomic E-state index is 0.0269. The smallest absolute Gasteiger partial charge is 0.0649 e. The molecule has 0 fully saturated rings. The molecule has 2 unspecified atom stereocenters. The molecule has 0 rings (SSSR count). The minimum absolute atomic E-state index is 0.0269. The highest BCUT2D eigenvalue weighted by molar-refractivity contribution is 8.17. The predicted octanol–water partition coefficient (Wildman–Crippen LogP) is 2.45. The molecule has 0 heterocycles. The Labute approximate surface area is 66.2 Å². The molecule has 1 N–H and O–H groups in total. The molecule has 0 saturated heterocycles. The number of hydrogen-bond acceptors (Lipinski definition) is 2. The zero-order chi connectivity index (χ0) is 7.28. The van der Waals surface area contributed by atoms with Gasteiger partial charge in [0.2, 0.25) is 0 Å². The maximum atomic E-state index is 7.24. The molecule has 0 aromatic rings. The summed E-state index contributed by atoms with van der Waals surface area (Å²) in [5.41, 5.74) is 7.24. The summed E-state index contributed by atoms with van der Waals surface area (Å²) in [5, 5.41) is 0.0269. The zero-order valence-electron chi connectivity index (χ0n) is 6.18. The van der Waals surface area contributed by atoms with Gasteiger partial charge >= 0.3 is 0 Å². The fraction of sp³-hybridized carbons (Fsp3) is 1.00. The molecule has 0 saturated carbocycles. The van der Waals surface area contributed by atoms with Crippen molar-refractivity contribution in [2.75, 3.05) is 5.75 Å². The molecule has 0 spiro atoms. The fourth-order valence-corrected chi connectivity index (χ4v) is 2.83. The Morgan fingerprint density at radius 1 is 1.44 bits per heavy atom. The summed E-state index contributed by atoms with van der Waals surface area (Å²) in [6, 6.07) is 0. The average Bonchev–Trinajstić information content (AvgIpc) is 1.63. The molecule has 0 bridgehead atoms. The first-order valence-electron chi connectivity index (χ1n) is 3.15. The van der Waals surface area contributed by atoms with Gasteiger partial charge in [-0.1, -0.05) is 6.92 Å². The summed E-state index contributed by atoms with van der Waals surface area (Å²) in [4.78, 5) is 0. The molecule has 3 heteroatoms. The Kier molecular flexibility index (Phi) is 5.84. The van der Waals surface area contributed by atoms with E-state index in [1.165, 1.54) is 0 Å². The van der Waals surface area contributed by atoms with Crippen molar-refractivity contribution in [2.24, 2.45) is 0 Å². The van der Waals surface area contributed by atoms with E-state index < -0.39 is 0 Å². The van der Waals surface area contributed by atoms with Gasteiger partial charge in [-0.05, 0) is 19.6 Å². The van der Waals surface area contributed by atoms with Crippen LogP contribution in [0.25, 0.3) is 0 Å².